The van der Waals surface area contributed by atoms with Crippen LogP contribution >= 0.6 is 23.4 Å². The third kappa shape index (κ3) is 3.74. The highest BCUT2D eigenvalue weighted by Crippen LogP contribution is 2.46. The maximum Gasteiger partial charge on any atom is 0.233 e. The second kappa shape index (κ2) is 7.59. The summed E-state index contributed by atoms with van der Waals surface area (Å²) in [5.41, 5.74) is 1.05. The van der Waals surface area contributed by atoms with E-state index in [9.17, 15) is 4.79 Å². The molecule has 1 amide bonds. The lowest BCUT2D eigenvalue weighted by Gasteiger charge is -2.36. The van der Waals surface area contributed by atoms with E-state index in [1.54, 1.807) is 11.8 Å². The van der Waals surface area contributed by atoms with Crippen molar-refractivity contribution in [2.45, 2.75) is 42.8 Å². The fourth-order valence-electron chi connectivity index (χ4n) is 3.81. The van der Waals surface area contributed by atoms with Crippen LogP contribution < -0.4 is 4.90 Å². The van der Waals surface area contributed by atoms with E-state index >= 15 is 0 Å². The molecule has 0 spiro atoms. The number of halogens is 1. The Bertz CT molecular complexity index is 871. The Morgan fingerprint density at radius 3 is 2.50 bits per heavy atom. The molecule has 0 radical (unpaired) electrons. The molecule has 2 aliphatic carbocycles. The Kier molecular flexibility index (Phi) is 4.97. The molecule has 28 heavy (non-hydrogen) atoms. The molecule has 1 aromatic heterocycles. The average Bonchev–Trinajstić information content (AvgIpc) is 3.65. The van der Waals surface area contributed by atoms with Crippen LogP contribution in [0.25, 0.3) is 0 Å². The van der Waals surface area contributed by atoms with Gasteiger partial charge in [0.05, 0.1) is 16.5 Å². The van der Waals surface area contributed by atoms with Crippen molar-refractivity contribution in [3.05, 3.63) is 35.1 Å². The van der Waals surface area contributed by atoms with Gasteiger partial charge in [-0.15, -0.1) is 10.2 Å². The van der Waals surface area contributed by atoms with Crippen LogP contribution in [0.1, 0.15) is 43.5 Å². The van der Waals surface area contributed by atoms with Crippen molar-refractivity contribution >= 4 is 35.0 Å². The summed E-state index contributed by atoms with van der Waals surface area (Å²) in [5, 5.41) is 10.5. The summed E-state index contributed by atoms with van der Waals surface area (Å²) in [6.07, 6.45) is 4.88. The molecule has 1 aromatic carbocycles. The summed E-state index contributed by atoms with van der Waals surface area (Å²) < 4.78 is 2.31. The topological polar surface area (TPSA) is 54.3 Å². The quantitative estimate of drug-likeness (QED) is 0.672. The van der Waals surface area contributed by atoms with Crippen molar-refractivity contribution < 1.29 is 4.79 Å². The zero-order valence-corrected chi connectivity index (χ0v) is 17.3. The number of amides is 1. The largest absolute Gasteiger partial charge is 0.367 e. The van der Waals surface area contributed by atoms with Crippen molar-refractivity contribution in [3.8, 4) is 0 Å². The number of hydrogen-bond donors (Lipinski definition) is 0. The van der Waals surface area contributed by atoms with Crippen LogP contribution in [-0.2, 0) is 4.79 Å². The highest BCUT2D eigenvalue weighted by Gasteiger charge is 2.36. The van der Waals surface area contributed by atoms with E-state index < -0.39 is 0 Å². The molecule has 0 N–H and O–H groups in total. The minimum absolute atomic E-state index is 0.183. The molecule has 3 aliphatic rings. The molecule has 1 aliphatic heterocycles. The van der Waals surface area contributed by atoms with E-state index in [0.717, 1.165) is 47.9 Å². The number of nitrogens with zero attached hydrogens (tertiary/aromatic N) is 5. The van der Waals surface area contributed by atoms with Crippen LogP contribution in [0.2, 0.25) is 5.02 Å². The van der Waals surface area contributed by atoms with Gasteiger partial charge in [0.25, 0.3) is 0 Å². The lowest BCUT2D eigenvalue weighted by molar-refractivity contribution is -0.128. The van der Waals surface area contributed by atoms with Crippen LogP contribution in [0.15, 0.2) is 29.4 Å². The maximum atomic E-state index is 12.7. The van der Waals surface area contributed by atoms with E-state index in [-0.39, 0.29) is 5.91 Å². The Morgan fingerprint density at radius 1 is 1.07 bits per heavy atom. The molecule has 1 saturated heterocycles. The zero-order chi connectivity index (χ0) is 19.1. The number of hydrogen-bond acceptors (Lipinski definition) is 5. The predicted octanol–water partition coefficient (Wildman–Crippen LogP) is 3.58. The standard InChI is InChI=1S/C20H24ClN5OS/c21-16-3-1-2-4-17(16)24-9-11-25(12-10-24)18(27)13-28-20-23-22-19(14-5-6-14)26(20)15-7-8-15/h1-4,14-15H,5-13H2. The summed E-state index contributed by atoms with van der Waals surface area (Å²) in [6.45, 7) is 3.08. The highest BCUT2D eigenvalue weighted by molar-refractivity contribution is 7.99. The minimum Gasteiger partial charge on any atom is -0.367 e. The number of para-hydroxylation sites is 1. The predicted molar refractivity (Wildman–Crippen MR) is 111 cm³/mol. The molecule has 3 fully saturated rings. The molecule has 0 atom stereocenters. The van der Waals surface area contributed by atoms with Crippen molar-refractivity contribution in [2.75, 3.05) is 36.8 Å². The molecule has 0 bridgehead atoms. The second-order valence-corrected chi connectivity index (χ2v) is 9.17. The fourth-order valence-corrected chi connectivity index (χ4v) is 4.98. The average molecular weight is 418 g/mol. The molecular formula is C20H24ClN5OS. The molecular weight excluding hydrogens is 394 g/mol. The Labute approximate surface area is 174 Å². The summed E-state index contributed by atoms with van der Waals surface area (Å²) in [6, 6.07) is 8.45. The van der Waals surface area contributed by atoms with Crippen LogP contribution in [-0.4, -0.2) is 57.5 Å². The first-order chi connectivity index (χ1) is 13.7. The first-order valence-corrected chi connectivity index (χ1v) is 11.4. The van der Waals surface area contributed by atoms with Gasteiger partial charge in [-0.25, -0.2) is 0 Å². The van der Waals surface area contributed by atoms with Crippen LogP contribution in [0.5, 0.6) is 0 Å². The zero-order valence-electron chi connectivity index (χ0n) is 15.8. The molecule has 2 aromatic rings. The first-order valence-electron chi connectivity index (χ1n) is 10.1. The first kappa shape index (κ1) is 18.3. The smallest absolute Gasteiger partial charge is 0.233 e. The monoisotopic (exact) mass is 417 g/mol. The van der Waals surface area contributed by atoms with Gasteiger partial charge in [-0.05, 0) is 37.8 Å². The van der Waals surface area contributed by atoms with E-state index in [0.29, 0.717) is 17.7 Å². The van der Waals surface area contributed by atoms with Gasteiger partial charge in [0.2, 0.25) is 5.91 Å². The van der Waals surface area contributed by atoms with Gasteiger partial charge in [0, 0.05) is 38.1 Å². The molecule has 2 saturated carbocycles. The van der Waals surface area contributed by atoms with Gasteiger partial charge in [0.15, 0.2) is 5.16 Å². The summed E-state index contributed by atoms with van der Waals surface area (Å²) in [7, 11) is 0. The SMILES string of the molecule is O=C(CSc1nnc(C2CC2)n1C1CC1)N1CCN(c2ccccc2Cl)CC1. The number of rotatable bonds is 6. The molecule has 8 heteroatoms. The lowest BCUT2D eigenvalue weighted by Crippen LogP contribution is -2.49. The van der Waals surface area contributed by atoms with Gasteiger partial charge in [-0.2, -0.15) is 0 Å². The van der Waals surface area contributed by atoms with Crippen molar-refractivity contribution in [1.29, 1.82) is 0 Å². The van der Waals surface area contributed by atoms with Crippen molar-refractivity contribution in [1.82, 2.24) is 19.7 Å². The minimum atomic E-state index is 0.183. The Balaban J connectivity index is 1.17. The third-order valence-corrected chi connectivity index (χ3v) is 6.94. The normalized spacial score (nSPS) is 19.9. The molecule has 5 rings (SSSR count). The second-order valence-electron chi connectivity index (χ2n) is 7.82. The molecule has 148 valence electrons. The van der Waals surface area contributed by atoms with Gasteiger partial charge in [0.1, 0.15) is 5.82 Å². The number of aromatic nitrogens is 3. The van der Waals surface area contributed by atoms with E-state index in [2.05, 4.69) is 19.7 Å². The molecule has 6 nitrogen and oxygen atoms in total. The molecule has 2 heterocycles. The number of benzene rings is 1. The fraction of sp³-hybridized carbons (Fsp3) is 0.550. The van der Waals surface area contributed by atoms with Gasteiger partial charge < -0.3 is 14.4 Å². The number of carbonyl (C=O) groups excluding carboxylic acids is 1. The van der Waals surface area contributed by atoms with Crippen LogP contribution in [0.3, 0.4) is 0 Å². The molecule has 0 unspecified atom stereocenters. The summed E-state index contributed by atoms with van der Waals surface area (Å²) in [5.74, 6) is 2.35. The maximum absolute atomic E-state index is 12.7. The van der Waals surface area contributed by atoms with E-state index in [4.69, 9.17) is 11.6 Å². The number of thioether (sulfide) groups is 1. The lowest BCUT2D eigenvalue weighted by atomic mass is 10.2. The van der Waals surface area contributed by atoms with E-state index in [1.807, 2.05) is 29.2 Å². The number of anilines is 1. The van der Waals surface area contributed by atoms with Gasteiger partial charge in [-0.1, -0.05) is 35.5 Å². The van der Waals surface area contributed by atoms with Gasteiger partial charge >= 0.3 is 0 Å². The van der Waals surface area contributed by atoms with Gasteiger partial charge in [-0.3, -0.25) is 4.79 Å². The summed E-state index contributed by atoms with van der Waals surface area (Å²) >= 11 is 7.85. The van der Waals surface area contributed by atoms with E-state index in [1.165, 1.54) is 25.7 Å². The number of carbonyl (C=O) groups is 1. The Morgan fingerprint density at radius 2 is 1.82 bits per heavy atom. The highest BCUT2D eigenvalue weighted by atomic mass is 35.5. The van der Waals surface area contributed by atoms with Crippen molar-refractivity contribution in [2.24, 2.45) is 0 Å². The Hall–Kier alpha value is -1.73. The number of piperazine rings is 1. The van der Waals surface area contributed by atoms with Crippen molar-refractivity contribution in [3.63, 3.8) is 0 Å². The van der Waals surface area contributed by atoms with Crippen LogP contribution in [0, 0.1) is 0 Å². The van der Waals surface area contributed by atoms with Crippen LogP contribution in [0.4, 0.5) is 5.69 Å². The third-order valence-electron chi connectivity index (χ3n) is 5.70. The summed E-state index contributed by atoms with van der Waals surface area (Å²) in [4.78, 5) is 16.9.